The molecule has 0 fully saturated rings. The monoisotopic (exact) mass is 268 g/mol. The van der Waals surface area contributed by atoms with Gasteiger partial charge < -0.3 is 5.11 Å². The SMILES string of the molecule is C=C(CC)CC(O)c1cccc(C)c1Br. The van der Waals surface area contributed by atoms with Crippen LogP contribution in [0.25, 0.3) is 0 Å². The molecular weight excluding hydrogens is 252 g/mol. The van der Waals surface area contributed by atoms with Crippen LogP contribution < -0.4 is 0 Å². The highest BCUT2D eigenvalue weighted by molar-refractivity contribution is 9.10. The first-order valence-corrected chi connectivity index (χ1v) is 5.95. The second-order valence-corrected chi connectivity index (χ2v) is 4.59. The fraction of sp³-hybridized carbons (Fsp3) is 0.385. The normalized spacial score (nSPS) is 12.5. The summed E-state index contributed by atoms with van der Waals surface area (Å²) >= 11 is 3.50. The Labute approximate surface area is 100.0 Å². The van der Waals surface area contributed by atoms with E-state index < -0.39 is 6.10 Å². The lowest BCUT2D eigenvalue weighted by Crippen LogP contribution is -2.00. The van der Waals surface area contributed by atoms with E-state index in [9.17, 15) is 5.11 Å². The van der Waals surface area contributed by atoms with Gasteiger partial charge in [-0.2, -0.15) is 0 Å². The summed E-state index contributed by atoms with van der Waals surface area (Å²) in [5.41, 5.74) is 3.18. The highest BCUT2D eigenvalue weighted by Gasteiger charge is 2.12. The Hall–Kier alpha value is -0.600. The van der Waals surface area contributed by atoms with Crippen molar-refractivity contribution >= 4 is 15.9 Å². The summed E-state index contributed by atoms with van der Waals surface area (Å²) in [6, 6.07) is 5.94. The maximum Gasteiger partial charge on any atom is 0.0838 e. The second-order valence-electron chi connectivity index (χ2n) is 3.80. The Bertz CT molecular complexity index is 358. The van der Waals surface area contributed by atoms with Crippen molar-refractivity contribution in [1.29, 1.82) is 0 Å². The van der Waals surface area contributed by atoms with Crippen LogP contribution in [-0.4, -0.2) is 5.11 Å². The van der Waals surface area contributed by atoms with Crippen molar-refractivity contribution in [3.8, 4) is 0 Å². The minimum Gasteiger partial charge on any atom is -0.388 e. The first kappa shape index (κ1) is 12.5. The highest BCUT2D eigenvalue weighted by Crippen LogP contribution is 2.30. The van der Waals surface area contributed by atoms with Crippen molar-refractivity contribution in [2.75, 3.05) is 0 Å². The molecule has 1 aromatic carbocycles. The number of hydrogen-bond donors (Lipinski definition) is 1. The van der Waals surface area contributed by atoms with Crippen molar-refractivity contribution in [1.82, 2.24) is 0 Å². The molecule has 0 saturated carbocycles. The van der Waals surface area contributed by atoms with E-state index in [1.165, 1.54) is 0 Å². The Morgan fingerprint density at radius 3 is 2.80 bits per heavy atom. The number of aliphatic hydroxyl groups excluding tert-OH is 1. The van der Waals surface area contributed by atoms with E-state index in [1.807, 2.05) is 25.1 Å². The van der Waals surface area contributed by atoms with Gasteiger partial charge in [0.15, 0.2) is 0 Å². The zero-order valence-corrected chi connectivity index (χ0v) is 10.8. The van der Waals surface area contributed by atoms with Crippen LogP contribution in [0.2, 0.25) is 0 Å². The van der Waals surface area contributed by atoms with Crippen molar-refractivity contribution in [3.63, 3.8) is 0 Å². The third-order valence-electron chi connectivity index (χ3n) is 2.56. The fourth-order valence-corrected chi connectivity index (χ4v) is 1.98. The molecule has 0 saturated heterocycles. The molecule has 1 aromatic rings. The van der Waals surface area contributed by atoms with E-state index in [0.717, 1.165) is 27.6 Å². The number of hydrogen-bond acceptors (Lipinski definition) is 1. The smallest absolute Gasteiger partial charge is 0.0838 e. The van der Waals surface area contributed by atoms with Crippen LogP contribution in [0.15, 0.2) is 34.8 Å². The number of aryl methyl sites for hydroxylation is 1. The molecule has 0 spiro atoms. The number of benzene rings is 1. The fourth-order valence-electron chi connectivity index (χ4n) is 1.46. The standard InChI is InChI=1S/C13H17BrO/c1-4-9(2)8-12(15)11-7-5-6-10(3)13(11)14/h5-7,12,15H,2,4,8H2,1,3H3. The van der Waals surface area contributed by atoms with Crippen LogP contribution in [0.4, 0.5) is 0 Å². The molecule has 0 heterocycles. The van der Waals surface area contributed by atoms with Gasteiger partial charge in [0.25, 0.3) is 0 Å². The van der Waals surface area contributed by atoms with Gasteiger partial charge in [-0.05, 0) is 30.9 Å². The molecule has 0 aromatic heterocycles. The molecule has 0 aliphatic carbocycles. The van der Waals surface area contributed by atoms with E-state index >= 15 is 0 Å². The molecule has 1 atom stereocenters. The van der Waals surface area contributed by atoms with Crippen molar-refractivity contribution in [2.45, 2.75) is 32.8 Å². The van der Waals surface area contributed by atoms with Gasteiger partial charge in [0, 0.05) is 4.47 Å². The molecule has 1 N–H and O–H groups in total. The largest absolute Gasteiger partial charge is 0.388 e. The second kappa shape index (κ2) is 5.47. The zero-order chi connectivity index (χ0) is 11.4. The van der Waals surface area contributed by atoms with Crippen molar-refractivity contribution in [2.24, 2.45) is 0 Å². The third kappa shape index (κ3) is 3.18. The van der Waals surface area contributed by atoms with Gasteiger partial charge in [0.1, 0.15) is 0 Å². The molecule has 0 amide bonds. The predicted octanol–water partition coefficient (Wildman–Crippen LogP) is 4.15. The van der Waals surface area contributed by atoms with E-state index in [0.29, 0.717) is 6.42 Å². The quantitative estimate of drug-likeness (QED) is 0.814. The predicted molar refractivity (Wildman–Crippen MR) is 67.9 cm³/mol. The molecular formula is C13H17BrO. The van der Waals surface area contributed by atoms with Crippen LogP contribution in [0.3, 0.4) is 0 Å². The first-order chi connectivity index (χ1) is 7.06. The summed E-state index contributed by atoms with van der Waals surface area (Å²) in [5.74, 6) is 0. The van der Waals surface area contributed by atoms with Crippen LogP contribution in [0.1, 0.15) is 37.0 Å². The number of halogens is 1. The van der Waals surface area contributed by atoms with Crippen LogP contribution in [-0.2, 0) is 0 Å². The van der Waals surface area contributed by atoms with Gasteiger partial charge in [-0.25, -0.2) is 0 Å². The average Bonchev–Trinajstić information content (AvgIpc) is 2.21. The maximum absolute atomic E-state index is 10.0. The van der Waals surface area contributed by atoms with Gasteiger partial charge in [0.05, 0.1) is 6.10 Å². The molecule has 15 heavy (non-hydrogen) atoms. The summed E-state index contributed by atoms with van der Waals surface area (Å²) in [7, 11) is 0. The summed E-state index contributed by atoms with van der Waals surface area (Å²) < 4.78 is 1.00. The lowest BCUT2D eigenvalue weighted by Gasteiger charge is -2.14. The van der Waals surface area contributed by atoms with E-state index in [-0.39, 0.29) is 0 Å². The highest BCUT2D eigenvalue weighted by atomic mass is 79.9. The van der Waals surface area contributed by atoms with E-state index in [1.54, 1.807) is 0 Å². The van der Waals surface area contributed by atoms with Crippen LogP contribution >= 0.6 is 15.9 Å². The minimum atomic E-state index is -0.452. The first-order valence-electron chi connectivity index (χ1n) is 5.16. The molecule has 1 nitrogen and oxygen atoms in total. The van der Waals surface area contributed by atoms with Gasteiger partial charge in [-0.15, -0.1) is 0 Å². The van der Waals surface area contributed by atoms with Crippen molar-refractivity contribution in [3.05, 3.63) is 46.0 Å². The molecule has 2 heteroatoms. The molecule has 0 bridgehead atoms. The third-order valence-corrected chi connectivity index (χ3v) is 3.65. The molecule has 1 unspecified atom stereocenters. The van der Waals surface area contributed by atoms with Gasteiger partial charge in [-0.3, -0.25) is 0 Å². The summed E-state index contributed by atoms with van der Waals surface area (Å²) in [6.07, 6.45) is 1.10. The Morgan fingerprint density at radius 1 is 1.53 bits per heavy atom. The molecule has 0 aliphatic rings. The number of rotatable bonds is 4. The average molecular weight is 269 g/mol. The summed E-state index contributed by atoms with van der Waals surface area (Å²) in [4.78, 5) is 0. The van der Waals surface area contributed by atoms with E-state index in [2.05, 4.69) is 29.4 Å². The summed E-state index contributed by atoms with van der Waals surface area (Å²) in [6.45, 7) is 7.99. The zero-order valence-electron chi connectivity index (χ0n) is 9.26. The maximum atomic E-state index is 10.0. The Kier molecular flexibility index (Phi) is 4.55. The van der Waals surface area contributed by atoms with Gasteiger partial charge >= 0.3 is 0 Å². The van der Waals surface area contributed by atoms with Crippen LogP contribution in [0, 0.1) is 6.92 Å². The number of aliphatic hydroxyl groups is 1. The van der Waals surface area contributed by atoms with E-state index in [4.69, 9.17) is 0 Å². The Balaban J connectivity index is 2.86. The Morgan fingerprint density at radius 2 is 2.20 bits per heavy atom. The minimum absolute atomic E-state index is 0.452. The van der Waals surface area contributed by atoms with Gasteiger partial charge in [-0.1, -0.05) is 53.2 Å². The van der Waals surface area contributed by atoms with Crippen LogP contribution in [0.5, 0.6) is 0 Å². The van der Waals surface area contributed by atoms with Crippen molar-refractivity contribution < 1.29 is 5.11 Å². The van der Waals surface area contributed by atoms with Gasteiger partial charge in [0.2, 0.25) is 0 Å². The lowest BCUT2D eigenvalue weighted by molar-refractivity contribution is 0.176. The lowest BCUT2D eigenvalue weighted by atomic mass is 10.00. The topological polar surface area (TPSA) is 20.2 Å². The molecule has 0 radical (unpaired) electrons. The molecule has 82 valence electrons. The molecule has 0 aliphatic heterocycles. The molecule has 1 rings (SSSR count). The summed E-state index contributed by atoms with van der Waals surface area (Å²) in [5, 5.41) is 10.0.